The minimum atomic E-state index is 0.147. The number of quaternary nitrogens is 1. The Bertz CT molecular complexity index is 1010. The number of nitrogens with zero attached hydrogens (tertiary/aromatic N) is 1. The summed E-state index contributed by atoms with van der Waals surface area (Å²) in [5.74, 6) is 0. The fourth-order valence-corrected chi connectivity index (χ4v) is 3.98. The molecule has 0 bridgehead atoms. The first-order valence-electron chi connectivity index (χ1n) is 9.95. The van der Waals surface area contributed by atoms with Gasteiger partial charge in [0.1, 0.15) is 13.1 Å². The second-order valence-electron chi connectivity index (χ2n) is 7.68. The van der Waals surface area contributed by atoms with E-state index >= 15 is 0 Å². The van der Waals surface area contributed by atoms with E-state index in [0.717, 1.165) is 60.7 Å². The van der Waals surface area contributed by atoms with Crippen LogP contribution in [0.15, 0.2) is 53.3 Å². The lowest BCUT2D eigenvalue weighted by Crippen LogP contribution is -3.06. The van der Waals surface area contributed by atoms with Gasteiger partial charge >= 0.3 is 0 Å². The topological polar surface area (TPSA) is 49.8 Å². The number of aromatic nitrogens is 1. The maximum Gasteiger partial charge on any atom is 0.198 e. The highest BCUT2D eigenvalue weighted by Gasteiger charge is 2.17. The molecule has 1 unspecified atom stereocenters. The van der Waals surface area contributed by atoms with Crippen LogP contribution in [0.1, 0.15) is 16.8 Å². The van der Waals surface area contributed by atoms with E-state index in [1.165, 1.54) is 10.5 Å². The summed E-state index contributed by atoms with van der Waals surface area (Å²) < 4.78 is 5.45. The lowest BCUT2D eigenvalue weighted by molar-refractivity contribution is -0.907. The third-order valence-corrected chi connectivity index (χ3v) is 5.50. The molecule has 146 valence electrons. The van der Waals surface area contributed by atoms with Crippen molar-refractivity contribution < 1.29 is 9.64 Å². The highest BCUT2D eigenvalue weighted by molar-refractivity contribution is 5.83. The monoisotopic (exact) mass is 378 g/mol. The van der Waals surface area contributed by atoms with Crippen molar-refractivity contribution in [2.75, 3.05) is 38.3 Å². The molecule has 0 radical (unpaired) electrons. The van der Waals surface area contributed by atoms with E-state index < -0.39 is 0 Å². The van der Waals surface area contributed by atoms with Gasteiger partial charge in [-0.15, -0.1) is 0 Å². The molecule has 0 aliphatic carbocycles. The number of pyridine rings is 1. The van der Waals surface area contributed by atoms with Crippen molar-refractivity contribution >= 4 is 16.6 Å². The number of aryl methyl sites for hydroxylation is 1. The van der Waals surface area contributed by atoms with E-state index in [0.29, 0.717) is 6.54 Å². The molecular formula is C23H28N3O2+. The molecule has 1 fully saturated rings. The van der Waals surface area contributed by atoms with E-state index in [1.54, 1.807) is 0 Å². The number of rotatable bonds is 5. The Labute approximate surface area is 165 Å². The van der Waals surface area contributed by atoms with Crippen LogP contribution >= 0.6 is 0 Å². The minimum Gasteiger partial charge on any atom is -0.378 e. The van der Waals surface area contributed by atoms with Gasteiger partial charge in [0.05, 0.1) is 25.8 Å². The molecular weight excluding hydrogens is 350 g/mol. The Hall–Kier alpha value is -2.63. The van der Waals surface area contributed by atoms with E-state index in [9.17, 15) is 4.79 Å². The number of benzene rings is 2. The Balaban J connectivity index is 1.63. The summed E-state index contributed by atoms with van der Waals surface area (Å²) in [5, 5.41) is 0.775. The van der Waals surface area contributed by atoms with Crippen molar-refractivity contribution in [3.63, 3.8) is 0 Å². The van der Waals surface area contributed by atoms with Crippen molar-refractivity contribution in [2.45, 2.75) is 20.0 Å². The van der Waals surface area contributed by atoms with Gasteiger partial charge in [-0.3, -0.25) is 4.79 Å². The van der Waals surface area contributed by atoms with Gasteiger partial charge in [-0.1, -0.05) is 30.3 Å². The zero-order valence-corrected chi connectivity index (χ0v) is 16.6. The lowest BCUT2D eigenvalue weighted by atomic mass is 10.1. The Kier molecular flexibility index (Phi) is 5.46. The summed E-state index contributed by atoms with van der Waals surface area (Å²) in [7, 11) is 2.14. The lowest BCUT2D eigenvalue weighted by Gasteiger charge is -2.29. The molecule has 2 heterocycles. The van der Waals surface area contributed by atoms with Crippen molar-refractivity contribution in [3.8, 4) is 0 Å². The van der Waals surface area contributed by atoms with Crippen LogP contribution in [-0.2, 0) is 17.8 Å². The normalized spacial score (nSPS) is 15.7. The second kappa shape index (κ2) is 8.17. The van der Waals surface area contributed by atoms with Crippen molar-refractivity contribution in [3.05, 3.63) is 75.6 Å². The Morgan fingerprint density at radius 2 is 1.82 bits per heavy atom. The number of anilines is 1. The first-order chi connectivity index (χ1) is 13.6. The summed E-state index contributed by atoms with van der Waals surface area (Å²) in [4.78, 5) is 20.3. The number of fused-ring (bicyclic) bond motifs is 1. The molecule has 1 aromatic heterocycles. The number of hydrogen-bond acceptors (Lipinski definition) is 3. The molecule has 1 saturated heterocycles. The molecule has 1 aliphatic heterocycles. The molecule has 2 aromatic carbocycles. The van der Waals surface area contributed by atoms with Gasteiger partial charge < -0.3 is 19.5 Å². The molecule has 0 saturated carbocycles. The molecule has 0 spiro atoms. The molecule has 3 aromatic rings. The van der Waals surface area contributed by atoms with E-state index in [1.807, 2.05) is 25.1 Å². The average Bonchev–Trinajstić information content (AvgIpc) is 2.72. The van der Waals surface area contributed by atoms with Crippen LogP contribution in [0.2, 0.25) is 0 Å². The van der Waals surface area contributed by atoms with E-state index in [4.69, 9.17) is 4.74 Å². The zero-order chi connectivity index (χ0) is 19.5. The summed E-state index contributed by atoms with van der Waals surface area (Å²) in [6.45, 7) is 6.81. The molecule has 2 N–H and O–H groups in total. The predicted octanol–water partition coefficient (Wildman–Crippen LogP) is 1.89. The maximum atomic E-state index is 13.3. The molecule has 1 atom stereocenters. The fraction of sp³-hybridized carbons (Fsp3) is 0.348. The summed E-state index contributed by atoms with van der Waals surface area (Å²) in [5.41, 5.74) is 5.27. The third-order valence-electron chi connectivity index (χ3n) is 5.50. The highest BCUT2D eigenvalue weighted by atomic mass is 16.5. The van der Waals surface area contributed by atoms with Crippen LogP contribution in [0.25, 0.3) is 10.9 Å². The zero-order valence-electron chi connectivity index (χ0n) is 16.6. The van der Waals surface area contributed by atoms with E-state index in [2.05, 4.69) is 47.3 Å². The van der Waals surface area contributed by atoms with Crippen LogP contribution in [0.4, 0.5) is 5.69 Å². The van der Waals surface area contributed by atoms with Gasteiger partial charge in [-0.2, -0.15) is 0 Å². The number of H-pyrrole nitrogens is 1. The second-order valence-corrected chi connectivity index (χ2v) is 7.68. The van der Waals surface area contributed by atoms with Crippen molar-refractivity contribution in [2.24, 2.45) is 0 Å². The quantitative estimate of drug-likeness (QED) is 0.713. The predicted molar refractivity (Wildman–Crippen MR) is 113 cm³/mol. The average molecular weight is 378 g/mol. The third kappa shape index (κ3) is 3.96. The van der Waals surface area contributed by atoms with Crippen LogP contribution in [-0.4, -0.2) is 38.3 Å². The molecule has 1 aliphatic rings. The SMILES string of the molecule is Cc1[nH]c2ccc(N3CCOCC3)cc2c(=O)c1C[NH+](C)Cc1ccccc1. The number of nitrogens with one attached hydrogen (secondary N) is 2. The Morgan fingerprint density at radius 3 is 2.57 bits per heavy atom. The van der Waals surface area contributed by atoms with Crippen LogP contribution in [0, 0.1) is 6.92 Å². The first-order valence-corrected chi connectivity index (χ1v) is 9.95. The number of morpholine rings is 1. The van der Waals surface area contributed by atoms with Crippen LogP contribution < -0.4 is 15.2 Å². The number of ether oxygens (including phenoxy) is 1. The summed E-state index contributed by atoms with van der Waals surface area (Å²) >= 11 is 0. The largest absolute Gasteiger partial charge is 0.378 e. The van der Waals surface area contributed by atoms with Gasteiger partial charge in [0.2, 0.25) is 0 Å². The molecule has 5 nitrogen and oxygen atoms in total. The standard InChI is InChI=1S/C23H27N3O2/c1-17-21(16-25(2)15-18-6-4-3-5-7-18)23(27)20-14-19(8-9-22(20)24-17)26-10-12-28-13-11-26/h3-9,14H,10-13,15-16H2,1-2H3,(H,24,27)/p+1. The number of hydrogen-bond donors (Lipinski definition) is 2. The fourth-order valence-electron chi connectivity index (χ4n) is 3.98. The minimum absolute atomic E-state index is 0.147. The van der Waals surface area contributed by atoms with Gasteiger partial charge in [0.15, 0.2) is 5.43 Å². The van der Waals surface area contributed by atoms with Gasteiger partial charge in [0, 0.05) is 40.9 Å². The van der Waals surface area contributed by atoms with Crippen molar-refractivity contribution in [1.29, 1.82) is 0 Å². The molecule has 5 heteroatoms. The van der Waals surface area contributed by atoms with Gasteiger partial charge in [-0.25, -0.2) is 0 Å². The molecule has 28 heavy (non-hydrogen) atoms. The van der Waals surface area contributed by atoms with Crippen LogP contribution in [0.5, 0.6) is 0 Å². The van der Waals surface area contributed by atoms with Gasteiger partial charge in [-0.05, 0) is 25.1 Å². The molecule has 4 rings (SSSR count). The van der Waals surface area contributed by atoms with Crippen molar-refractivity contribution in [1.82, 2.24) is 4.98 Å². The van der Waals surface area contributed by atoms with Gasteiger partial charge in [0.25, 0.3) is 0 Å². The first kappa shape index (κ1) is 18.7. The summed E-state index contributed by atoms with van der Waals surface area (Å²) in [6, 6.07) is 16.6. The molecule has 0 amide bonds. The number of aromatic amines is 1. The maximum absolute atomic E-state index is 13.3. The van der Waals surface area contributed by atoms with E-state index in [-0.39, 0.29) is 5.43 Å². The smallest absolute Gasteiger partial charge is 0.198 e. The Morgan fingerprint density at radius 1 is 1.07 bits per heavy atom. The summed E-state index contributed by atoms with van der Waals surface area (Å²) in [6.07, 6.45) is 0. The van der Waals surface area contributed by atoms with Crippen LogP contribution in [0.3, 0.4) is 0 Å². The highest BCUT2D eigenvalue weighted by Crippen LogP contribution is 2.21.